The second kappa shape index (κ2) is 6.00. The monoisotopic (exact) mass is 321 g/mol. The summed E-state index contributed by atoms with van der Waals surface area (Å²) in [5.41, 5.74) is 0.0748. The highest BCUT2D eigenvalue weighted by Gasteiger charge is 2.80. The Bertz CT molecular complexity index is 617. The molecule has 0 radical (unpaired) electrons. The Labute approximate surface area is 133 Å². The number of rotatable bonds is 4. The molecule has 0 unspecified atom stereocenters. The van der Waals surface area contributed by atoms with Crippen LogP contribution in [0, 0.1) is 17.8 Å². The van der Waals surface area contributed by atoms with Crippen molar-refractivity contribution in [3.63, 3.8) is 0 Å². The molecule has 1 aromatic rings. The van der Waals surface area contributed by atoms with Crippen molar-refractivity contribution in [3.05, 3.63) is 35.4 Å². The van der Waals surface area contributed by atoms with Gasteiger partial charge in [-0.25, -0.2) is 0 Å². The van der Waals surface area contributed by atoms with E-state index in [2.05, 4.69) is 0 Å². The van der Waals surface area contributed by atoms with E-state index in [1.165, 1.54) is 0 Å². The Kier molecular flexibility index (Phi) is 4.42. The fourth-order valence-corrected chi connectivity index (χ4v) is 3.58. The van der Waals surface area contributed by atoms with Crippen molar-refractivity contribution in [3.8, 4) is 0 Å². The highest BCUT2D eigenvalue weighted by Crippen LogP contribution is 2.68. The number of carboxylic acids is 2. The van der Waals surface area contributed by atoms with Crippen LogP contribution in [0.25, 0.3) is 0 Å². The third kappa shape index (κ3) is 2.79. The third-order valence-electron chi connectivity index (χ3n) is 4.69. The number of fused-ring (bicyclic) bond motifs is 1. The van der Waals surface area contributed by atoms with Crippen LogP contribution in [0.3, 0.4) is 0 Å². The van der Waals surface area contributed by atoms with Gasteiger partial charge in [-0.3, -0.25) is 19.3 Å². The molecule has 7 nitrogen and oxygen atoms in total. The standard InChI is InChI=1S/C15H17NO4.CH2O2/c1-10-3-2-4-11(5-10)6-16-8-14(12(17)18)7-15(14,9-16)13(19)20;2-1-3/h2-5H,6-9H2,1H3,(H,17,18)(H,19,20);1H,(H,2,3)/t14-,15+;. The summed E-state index contributed by atoms with van der Waals surface area (Å²) in [5.74, 6) is -1.96. The predicted molar refractivity (Wildman–Crippen MR) is 79.9 cm³/mol. The molecular weight excluding hydrogens is 302 g/mol. The average Bonchev–Trinajstić information content (AvgIpc) is 3.00. The molecule has 0 bridgehead atoms. The molecule has 1 heterocycles. The van der Waals surface area contributed by atoms with Crippen molar-refractivity contribution < 1.29 is 29.7 Å². The first-order valence-corrected chi connectivity index (χ1v) is 7.14. The molecule has 7 heteroatoms. The van der Waals surface area contributed by atoms with E-state index in [1.807, 2.05) is 36.1 Å². The number of benzene rings is 1. The molecule has 23 heavy (non-hydrogen) atoms. The van der Waals surface area contributed by atoms with Crippen LogP contribution < -0.4 is 0 Å². The van der Waals surface area contributed by atoms with Crippen LogP contribution in [0.2, 0.25) is 0 Å². The minimum absolute atomic E-state index is 0.250. The molecular formula is C16H19NO6. The lowest BCUT2D eigenvalue weighted by Crippen LogP contribution is -2.28. The summed E-state index contributed by atoms with van der Waals surface area (Å²) in [5, 5.41) is 25.6. The van der Waals surface area contributed by atoms with Crippen molar-refractivity contribution in [2.75, 3.05) is 13.1 Å². The SMILES string of the molecule is Cc1cccc(CN2C[C@@]3(C(=O)O)C[C@@]3(C(=O)O)C2)c1.O=CO. The fourth-order valence-electron chi connectivity index (χ4n) is 3.58. The molecule has 1 saturated heterocycles. The van der Waals surface area contributed by atoms with E-state index in [0.717, 1.165) is 11.1 Å². The third-order valence-corrected chi connectivity index (χ3v) is 4.69. The van der Waals surface area contributed by atoms with E-state index in [9.17, 15) is 19.8 Å². The van der Waals surface area contributed by atoms with Gasteiger partial charge < -0.3 is 15.3 Å². The van der Waals surface area contributed by atoms with Gasteiger partial charge in [-0.2, -0.15) is 0 Å². The van der Waals surface area contributed by atoms with Crippen molar-refractivity contribution >= 4 is 18.4 Å². The van der Waals surface area contributed by atoms with Crippen LogP contribution in [-0.4, -0.2) is 51.7 Å². The molecule has 2 fully saturated rings. The maximum absolute atomic E-state index is 11.4. The molecule has 0 aromatic heterocycles. The topological polar surface area (TPSA) is 115 Å². The largest absolute Gasteiger partial charge is 0.483 e. The van der Waals surface area contributed by atoms with E-state index >= 15 is 0 Å². The van der Waals surface area contributed by atoms with Crippen LogP contribution in [0.5, 0.6) is 0 Å². The molecule has 1 saturated carbocycles. The molecule has 3 rings (SSSR count). The van der Waals surface area contributed by atoms with E-state index < -0.39 is 22.8 Å². The molecule has 1 aromatic carbocycles. The number of nitrogens with zero attached hydrogens (tertiary/aromatic N) is 1. The van der Waals surface area contributed by atoms with Gasteiger partial charge in [-0.15, -0.1) is 0 Å². The van der Waals surface area contributed by atoms with E-state index in [1.54, 1.807) is 0 Å². The minimum atomic E-state index is -1.08. The van der Waals surface area contributed by atoms with Gasteiger partial charge in [0, 0.05) is 19.6 Å². The van der Waals surface area contributed by atoms with Crippen molar-refractivity contribution in [1.82, 2.24) is 4.90 Å². The summed E-state index contributed by atoms with van der Waals surface area (Å²) in [7, 11) is 0. The maximum atomic E-state index is 11.4. The summed E-state index contributed by atoms with van der Waals surface area (Å²) in [4.78, 5) is 33.2. The number of piperidine rings is 1. The lowest BCUT2D eigenvalue weighted by molar-refractivity contribution is -0.151. The first kappa shape index (κ1) is 17.0. The summed E-state index contributed by atoms with van der Waals surface area (Å²) >= 11 is 0. The fraction of sp³-hybridized carbons (Fsp3) is 0.438. The second-order valence-corrected chi connectivity index (χ2v) is 6.19. The normalized spacial score (nSPS) is 28.2. The minimum Gasteiger partial charge on any atom is -0.483 e. The predicted octanol–water partition coefficient (Wildman–Crippen LogP) is 1.06. The van der Waals surface area contributed by atoms with Crippen LogP contribution in [0.4, 0.5) is 0 Å². The number of carbonyl (C=O) groups is 3. The van der Waals surface area contributed by atoms with Crippen LogP contribution in [-0.2, 0) is 20.9 Å². The van der Waals surface area contributed by atoms with Crippen molar-refractivity contribution in [2.45, 2.75) is 19.9 Å². The average molecular weight is 321 g/mol. The Morgan fingerprint density at radius 1 is 1.22 bits per heavy atom. The molecule has 1 aliphatic carbocycles. The molecule has 0 spiro atoms. The number of hydrogen-bond acceptors (Lipinski definition) is 4. The molecule has 3 N–H and O–H groups in total. The molecule has 2 atom stereocenters. The van der Waals surface area contributed by atoms with E-state index in [4.69, 9.17) is 9.90 Å². The second-order valence-electron chi connectivity index (χ2n) is 6.19. The maximum Gasteiger partial charge on any atom is 0.312 e. The van der Waals surface area contributed by atoms with Gasteiger partial charge in [0.25, 0.3) is 6.47 Å². The summed E-state index contributed by atoms with van der Waals surface area (Å²) in [6, 6.07) is 7.99. The Morgan fingerprint density at radius 2 is 1.74 bits per heavy atom. The first-order chi connectivity index (χ1) is 10.8. The number of likely N-dealkylation sites (tertiary alicyclic amines) is 1. The smallest absolute Gasteiger partial charge is 0.312 e. The van der Waals surface area contributed by atoms with Crippen LogP contribution >= 0.6 is 0 Å². The number of carboxylic acid groups (broad SMARTS) is 3. The molecule has 1 aliphatic heterocycles. The zero-order chi connectivity index (χ0) is 17.3. The zero-order valence-electron chi connectivity index (χ0n) is 12.7. The first-order valence-electron chi connectivity index (χ1n) is 7.14. The van der Waals surface area contributed by atoms with Crippen LogP contribution in [0.15, 0.2) is 24.3 Å². The summed E-state index contributed by atoms with van der Waals surface area (Å²) in [6.07, 6.45) is 0.259. The highest BCUT2D eigenvalue weighted by molar-refractivity contribution is 5.94. The Balaban J connectivity index is 0.000000595. The van der Waals surface area contributed by atoms with Crippen molar-refractivity contribution in [2.24, 2.45) is 10.8 Å². The molecule has 124 valence electrons. The van der Waals surface area contributed by atoms with Gasteiger partial charge in [0.05, 0.1) is 10.8 Å². The van der Waals surface area contributed by atoms with Gasteiger partial charge in [-0.1, -0.05) is 29.8 Å². The Hall–Kier alpha value is -2.41. The van der Waals surface area contributed by atoms with Crippen molar-refractivity contribution in [1.29, 1.82) is 0 Å². The molecule has 0 amide bonds. The summed E-state index contributed by atoms with van der Waals surface area (Å²) in [6.45, 7) is 3.00. The highest BCUT2D eigenvalue weighted by atomic mass is 16.4. The quantitative estimate of drug-likeness (QED) is 0.710. The van der Waals surface area contributed by atoms with Gasteiger partial charge in [0.1, 0.15) is 0 Å². The number of aryl methyl sites for hydroxylation is 1. The Morgan fingerprint density at radius 3 is 2.17 bits per heavy atom. The van der Waals surface area contributed by atoms with E-state index in [-0.39, 0.29) is 12.9 Å². The van der Waals surface area contributed by atoms with Gasteiger partial charge >= 0.3 is 11.9 Å². The lowest BCUT2D eigenvalue weighted by Gasteiger charge is -2.19. The lowest BCUT2D eigenvalue weighted by atomic mass is 9.97. The van der Waals surface area contributed by atoms with Crippen LogP contribution in [0.1, 0.15) is 17.5 Å². The molecule has 2 aliphatic rings. The van der Waals surface area contributed by atoms with Gasteiger partial charge in [0.2, 0.25) is 0 Å². The van der Waals surface area contributed by atoms with Gasteiger partial charge in [0.15, 0.2) is 0 Å². The zero-order valence-corrected chi connectivity index (χ0v) is 12.7. The number of aliphatic carboxylic acids is 2. The van der Waals surface area contributed by atoms with Gasteiger partial charge in [-0.05, 0) is 18.9 Å². The van der Waals surface area contributed by atoms with E-state index in [0.29, 0.717) is 19.6 Å². The summed E-state index contributed by atoms with van der Waals surface area (Å²) < 4.78 is 0. The number of hydrogen-bond donors (Lipinski definition) is 3.